The van der Waals surface area contributed by atoms with E-state index in [9.17, 15) is 4.79 Å². The molecule has 0 bridgehead atoms. The number of halogens is 1. The topological polar surface area (TPSA) is 44.4 Å². The lowest BCUT2D eigenvalue weighted by Gasteiger charge is -2.16. The molecule has 1 aliphatic heterocycles. The number of carbonyl (C=O) groups is 1. The van der Waals surface area contributed by atoms with Crippen molar-refractivity contribution < 1.29 is 4.79 Å². The maximum atomic E-state index is 12.0. The first-order valence-electron chi connectivity index (χ1n) is 6.54. The van der Waals surface area contributed by atoms with E-state index in [1.807, 2.05) is 32.2 Å². The number of nitrogens with zero attached hydrogens (tertiary/aromatic N) is 1. The Balaban J connectivity index is 1.89. The van der Waals surface area contributed by atoms with Crippen LogP contribution < -0.4 is 10.6 Å². The molecule has 19 heavy (non-hydrogen) atoms. The SMILES string of the molecule is CNC1CCN(CC(=O)Nc2cccc(Cl)c2C)C1. The molecule has 0 saturated carbocycles. The van der Waals surface area contributed by atoms with Crippen molar-refractivity contribution in [1.82, 2.24) is 10.2 Å². The van der Waals surface area contributed by atoms with Crippen LogP contribution in [0, 0.1) is 6.92 Å². The summed E-state index contributed by atoms with van der Waals surface area (Å²) in [4.78, 5) is 14.2. The van der Waals surface area contributed by atoms with Crippen LogP contribution in [0.15, 0.2) is 18.2 Å². The normalized spacial score (nSPS) is 19.6. The molecule has 4 nitrogen and oxygen atoms in total. The fourth-order valence-corrected chi connectivity index (χ4v) is 2.52. The van der Waals surface area contributed by atoms with Crippen LogP contribution >= 0.6 is 11.6 Å². The summed E-state index contributed by atoms with van der Waals surface area (Å²) < 4.78 is 0. The third-order valence-electron chi connectivity index (χ3n) is 3.59. The molecule has 1 fully saturated rings. The van der Waals surface area contributed by atoms with E-state index in [1.165, 1.54) is 0 Å². The van der Waals surface area contributed by atoms with E-state index >= 15 is 0 Å². The third-order valence-corrected chi connectivity index (χ3v) is 4.00. The molecule has 0 radical (unpaired) electrons. The Labute approximate surface area is 119 Å². The van der Waals surface area contributed by atoms with E-state index in [1.54, 1.807) is 0 Å². The van der Waals surface area contributed by atoms with Gasteiger partial charge in [-0.3, -0.25) is 9.69 Å². The molecule has 2 rings (SSSR count). The first kappa shape index (κ1) is 14.3. The zero-order valence-electron chi connectivity index (χ0n) is 11.4. The number of likely N-dealkylation sites (N-methyl/N-ethyl adjacent to an activating group) is 1. The van der Waals surface area contributed by atoms with Gasteiger partial charge >= 0.3 is 0 Å². The highest BCUT2D eigenvalue weighted by atomic mass is 35.5. The highest BCUT2D eigenvalue weighted by Crippen LogP contribution is 2.22. The molecule has 1 aliphatic rings. The Kier molecular flexibility index (Phi) is 4.80. The predicted octanol–water partition coefficient (Wildman–Crippen LogP) is 1.88. The van der Waals surface area contributed by atoms with Crippen molar-refractivity contribution in [1.29, 1.82) is 0 Å². The third kappa shape index (κ3) is 3.69. The highest BCUT2D eigenvalue weighted by Gasteiger charge is 2.22. The number of rotatable bonds is 4. The minimum absolute atomic E-state index is 0.0159. The van der Waals surface area contributed by atoms with E-state index in [0.29, 0.717) is 17.6 Å². The van der Waals surface area contributed by atoms with Crippen LogP contribution in [0.3, 0.4) is 0 Å². The number of anilines is 1. The molecular weight excluding hydrogens is 262 g/mol. The molecular formula is C14H20ClN3O. The van der Waals surface area contributed by atoms with Crippen molar-refractivity contribution in [3.8, 4) is 0 Å². The van der Waals surface area contributed by atoms with E-state index in [0.717, 1.165) is 30.8 Å². The van der Waals surface area contributed by atoms with Crippen molar-refractivity contribution in [3.05, 3.63) is 28.8 Å². The Bertz CT molecular complexity index is 464. The summed E-state index contributed by atoms with van der Waals surface area (Å²) in [6, 6.07) is 6.04. The summed E-state index contributed by atoms with van der Waals surface area (Å²) in [6.45, 7) is 4.24. The van der Waals surface area contributed by atoms with Gasteiger partial charge in [0.2, 0.25) is 5.91 Å². The fraction of sp³-hybridized carbons (Fsp3) is 0.500. The fourth-order valence-electron chi connectivity index (χ4n) is 2.35. The van der Waals surface area contributed by atoms with Crippen molar-refractivity contribution in [2.45, 2.75) is 19.4 Å². The quantitative estimate of drug-likeness (QED) is 0.886. The van der Waals surface area contributed by atoms with Crippen LogP contribution in [0.1, 0.15) is 12.0 Å². The lowest BCUT2D eigenvalue weighted by molar-refractivity contribution is -0.117. The van der Waals surface area contributed by atoms with Crippen molar-refractivity contribution in [2.24, 2.45) is 0 Å². The summed E-state index contributed by atoms with van der Waals surface area (Å²) in [5.74, 6) is 0.0159. The standard InChI is InChI=1S/C14H20ClN3O/c1-10-12(15)4-3-5-13(10)17-14(19)9-18-7-6-11(8-18)16-2/h3-5,11,16H,6-9H2,1-2H3,(H,17,19). The Hall–Kier alpha value is -1.10. The maximum absolute atomic E-state index is 12.0. The molecule has 1 aromatic carbocycles. The Morgan fingerprint density at radius 2 is 2.32 bits per heavy atom. The van der Waals surface area contributed by atoms with Crippen LogP contribution in [0.25, 0.3) is 0 Å². The van der Waals surface area contributed by atoms with E-state index in [4.69, 9.17) is 11.6 Å². The Morgan fingerprint density at radius 1 is 1.53 bits per heavy atom. The van der Waals surface area contributed by atoms with Crippen LogP contribution in [0.4, 0.5) is 5.69 Å². The lowest BCUT2D eigenvalue weighted by Crippen LogP contribution is -2.34. The number of carbonyl (C=O) groups excluding carboxylic acids is 1. The number of hydrogen-bond donors (Lipinski definition) is 2. The van der Waals surface area contributed by atoms with Gasteiger partial charge < -0.3 is 10.6 Å². The van der Waals surface area contributed by atoms with Gasteiger partial charge in [-0.25, -0.2) is 0 Å². The summed E-state index contributed by atoms with van der Waals surface area (Å²) in [7, 11) is 1.96. The second-order valence-electron chi connectivity index (χ2n) is 4.97. The maximum Gasteiger partial charge on any atom is 0.238 e. The van der Waals surface area contributed by atoms with Gasteiger partial charge in [0.15, 0.2) is 0 Å². The number of amides is 1. The minimum atomic E-state index is 0.0159. The second kappa shape index (κ2) is 6.37. The minimum Gasteiger partial charge on any atom is -0.325 e. The molecule has 1 saturated heterocycles. The molecule has 5 heteroatoms. The number of benzene rings is 1. The molecule has 1 heterocycles. The molecule has 104 valence electrons. The van der Waals surface area contributed by atoms with E-state index in [2.05, 4.69) is 15.5 Å². The summed E-state index contributed by atoms with van der Waals surface area (Å²) >= 11 is 6.04. The van der Waals surface area contributed by atoms with Gasteiger partial charge in [0.25, 0.3) is 0 Å². The van der Waals surface area contributed by atoms with Gasteiger partial charge in [-0.05, 0) is 38.1 Å². The predicted molar refractivity (Wildman–Crippen MR) is 78.7 cm³/mol. The zero-order valence-corrected chi connectivity index (χ0v) is 12.1. The lowest BCUT2D eigenvalue weighted by atomic mass is 10.2. The molecule has 2 N–H and O–H groups in total. The summed E-state index contributed by atoms with van der Waals surface area (Å²) in [6.07, 6.45) is 1.10. The Morgan fingerprint density at radius 3 is 3.00 bits per heavy atom. The second-order valence-corrected chi connectivity index (χ2v) is 5.38. The summed E-state index contributed by atoms with van der Waals surface area (Å²) in [5.41, 5.74) is 1.70. The van der Waals surface area contributed by atoms with Crippen LogP contribution in [-0.2, 0) is 4.79 Å². The molecule has 0 aromatic heterocycles. The average Bonchev–Trinajstić information content (AvgIpc) is 2.82. The first-order chi connectivity index (χ1) is 9.10. The van der Waals surface area contributed by atoms with Crippen LogP contribution in [-0.4, -0.2) is 43.5 Å². The van der Waals surface area contributed by atoms with Gasteiger partial charge in [-0.2, -0.15) is 0 Å². The zero-order chi connectivity index (χ0) is 13.8. The van der Waals surface area contributed by atoms with Gasteiger partial charge in [0.1, 0.15) is 0 Å². The average molecular weight is 282 g/mol. The first-order valence-corrected chi connectivity index (χ1v) is 6.92. The molecule has 0 aliphatic carbocycles. The smallest absolute Gasteiger partial charge is 0.238 e. The van der Waals surface area contributed by atoms with Gasteiger partial charge in [-0.15, -0.1) is 0 Å². The van der Waals surface area contributed by atoms with E-state index in [-0.39, 0.29) is 5.91 Å². The van der Waals surface area contributed by atoms with E-state index < -0.39 is 0 Å². The van der Waals surface area contributed by atoms with Crippen molar-refractivity contribution >= 4 is 23.2 Å². The molecule has 1 unspecified atom stereocenters. The van der Waals surface area contributed by atoms with Gasteiger partial charge in [0.05, 0.1) is 6.54 Å². The summed E-state index contributed by atoms with van der Waals surface area (Å²) in [5, 5.41) is 6.84. The van der Waals surface area contributed by atoms with Crippen molar-refractivity contribution in [2.75, 3.05) is 32.0 Å². The van der Waals surface area contributed by atoms with Gasteiger partial charge in [-0.1, -0.05) is 17.7 Å². The van der Waals surface area contributed by atoms with Gasteiger partial charge in [0, 0.05) is 29.8 Å². The molecule has 1 atom stereocenters. The number of likely N-dealkylation sites (tertiary alicyclic amines) is 1. The molecule has 0 spiro atoms. The van der Waals surface area contributed by atoms with Crippen molar-refractivity contribution in [3.63, 3.8) is 0 Å². The number of nitrogens with one attached hydrogen (secondary N) is 2. The molecule has 1 aromatic rings. The largest absolute Gasteiger partial charge is 0.325 e. The monoisotopic (exact) mass is 281 g/mol. The van der Waals surface area contributed by atoms with Crippen LogP contribution in [0.5, 0.6) is 0 Å². The molecule has 1 amide bonds. The highest BCUT2D eigenvalue weighted by molar-refractivity contribution is 6.31. The van der Waals surface area contributed by atoms with Crippen LogP contribution in [0.2, 0.25) is 5.02 Å². The number of hydrogen-bond acceptors (Lipinski definition) is 3.